The maximum absolute atomic E-state index is 11.4. The molecule has 0 spiro atoms. The van der Waals surface area contributed by atoms with E-state index in [0.29, 0.717) is 34.6 Å². The van der Waals surface area contributed by atoms with Crippen LogP contribution in [0.15, 0.2) is 30.6 Å². The van der Waals surface area contributed by atoms with Crippen LogP contribution in [0.3, 0.4) is 0 Å². The molecule has 2 heterocycles. The predicted octanol–water partition coefficient (Wildman–Crippen LogP) is 3.20. The van der Waals surface area contributed by atoms with Gasteiger partial charge in [-0.25, -0.2) is 9.97 Å². The number of carbonyl (C=O) groups excluding carboxylic acids is 1. The van der Waals surface area contributed by atoms with Crippen LogP contribution in [0.2, 0.25) is 10.0 Å². The summed E-state index contributed by atoms with van der Waals surface area (Å²) < 4.78 is 0. The van der Waals surface area contributed by atoms with Crippen LogP contribution in [0.25, 0.3) is 0 Å². The van der Waals surface area contributed by atoms with E-state index in [9.17, 15) is 4.79 Å². The number of hydrogen-bond donors (Lipinski definition) is 1. The summed E-state index contributed by atoms with van der Waals surface area (Å²) in [6.45, 7) is 4.48. The molecule has 0 unspecified atom stereocenters. The quantitative estimate of drug-likeness (QED) is 0.904. The molecule has 126 valence electrons. The van der Waals surface area contributed by atoms with Gasteiger partial charge in [-0.3, -0.25) is 4.79 Å². The number of amides is 1. The monoisotopic (exact) mass is 365 g/mol. The van der Waals surface area contributed by atoms with Crippen molar-refractivity contribution in [2.75, 3.05) is 36.4 Å². The highest BCUT2D eigenvalue weighted by molar-refractivity contribution is 6.43. The van der Waals surface area contributed by atoms with Crippen molar-refractivity contribution in [2.45, 2.75) is 6.92 Å². The minimum Gasteiger partial charge on any atom is -0.353 e. The Kier molecular flexibility index (Phi) is 5.06. The Balaban J connectivity index is 1.73. The molecular formula is C16H17Cl2N5O. The van der Waals surface area contributed by atoms with E-state index in [4.69, 9.17) is 23.2 Å². The molecule has 0 radical (unpaired) electrons. The lowest BCUT2D eigenvalue weighted by Crippen LogP contribution is -2.48. The molecular weight excluding hydrogens is 349 g/mol. The van der Waals surface area contributed by atoms with E-state index in [1.165, 1.54) is 6.33 Å². The first-order chi connectivity index (χ1) is 11.5. The Morgan fingerprint density at radius 2 is 1.92 bits per heavy atom. The number of piperazine rings is 1. The van der Waals surface area contributed by atoms with Crippen molar-refractivity contribution in [1.29, 1.82) is 0 Å². The number of halogens is 2. The molecule has 1 aromatic carbocycles. The van der Waals surface area contributed by atoms with Crippen LogP contribution in [0.1, 0.15) is 6.92 Å². The third kappa shape index (κ3) is 3.71. The van der Waals surface area contributed by atoms with Crippen molar-refractivity contribution in [3.05, 3.63) is 40.6 Å². The SMILES string of the molecule is CC(=O)N1CCN(c2cc(Nc3cccc(Cl)c3Cl)ncn2)CC1. The number of carbonyl (C=O) groups is 1. The van der Waals surface area contributed by atoms with Crippen LogP contribution in [0, 0.1) is 0 Å². The van der Waals surface area contributed by atoms with Crippen LogP contribution in [-0.4, -0.2) is 47.0 Å². The second-order valence-corrected chi connectivity index (χ2v) is 6.27. The lowest BCUT2D eigenvalue weighted by atomic mass is 10.3. The molecule has 1 aliphatic rings. The van der Waals surface area contributed by atoms with Gasteiger partial charge >= 0.3 is 0 Å². The highest BCUT2D eigenvalue weighted by Gasteiger charge is 2.20. The Morgan fingerprint density at radius 3 is 2.62 bits per heavy atom. The molecule has 1 aliphatic heterocycles. The number of rotatable bonds is 3. The van der Waals surface area contributed by atoms with Gasteiger partial charge < -0.3 is 15.1 Å². The fourth-order valence-electron chi connectivity index (χ4n) is 2.58. The average Bonchev–Trinajstić information content (AvgIpc) is 2.59. The van der Waals surface area contributed by atoms with Crippen LogP contribution >= 0.6 is 23.2 Å². The van der Waals surface area contributed by atoms with Gasteiger partial charge in [-0.05, 0) is 12.1 Å². The fourth-order valence-corrected chi connectivity index (χ4v) is 2.92. The van der Waals surface area contributed by atoms with Gasteiger partial charge in [-0.15, -0.1) is 0 Å². The summed E-state index contributed by atoms with van der Waals surface area (Å²) in [5, 5.41) is 4.10. The first-order valence-electron chi connectivity index (χ1n) is 7.58. The van der Waals surface area contributed by atoms with Crippen LogP contribution < -0.4 is 10.2 Å². The van der Waals surface area contributed by atoms with E-state index in [0.717, 1.165) is 18.9 Å². The van der Waals surface area contributed by atoms with Crippen molar-refractivity contribution in [1.82, 2.24) is 14.9 Å². The Morgan fingerprint density at radius 1 is 1.17 bits per heavy atom. The highest BCUT2D eigenvalue weighted by atomic mass is 35.5. The van der Waals surface area contributed by atoms with E-state index in [2.05, 4.69) is 20.2 Å². The summed E-state index contributed by atoms with van der Waals surface area (Å²) >= 11 is 12.2. The number of hydrogen-bond acceptors (Lipinski definition) is 5. The molecule has 8 heteroatoms. The maximum atomic E-state index is 11.4. The topological polar surface area (TPSA) is 61.4 Å². The number of nitrogens with one attached hydrogen (secondary N) is 1. The van der Waals surface area contributed by atoms with Gasteiger partial charge in [0.2, 0.25) is 5.91 Å². The second-order valence-electron chi connectivity index (χ2n) is 5.48. The summed E-state index contributed by atoms with van der Waals surface area (Å²) in [6, 6.07) is 7.25. The molecule has 0 bridgehead atoms. The zero-order valence-electron chi connectivity index (χ0n) is 13.2. The van der Waals surface area contributed by atoms with Gasteiger partial charge in [0.25, 0.3) is 0 Å². The van der Waals surface area contributed by atoms with Crippen molar-refractivity contribution in [3.8, 4) is 0 Å². The minimum absolute atomic E-state index is 0.107. The summed E-state index contributed by atoms with van der Waals surface area (Å²) in [5.74, 6) is 1.56. The third-order valence-corrected chi connectivity index (χ3v) is 4.73. The van der Waals surface area contributed by atoms with Crippen LogP contribution in [0.4, 0.5) is 17.3 Å². The molecule has 1 aromatic heterocycles. The van der Waals surface area contributed by atoms with E-state index >= 15 is 0 Å². The zero-order valence-corrected chi connectivity index (χ0v) is 14.7. The van der Waals surface area contributed by atoms with Crippen molar-refractivity contribution in [2.24, 2.45) is 0 Å². The zero-order chi connectivity index (χ0) is 17.1. The van der Waals surface area contributed by atoms with Crippen molar-refractivity contribution >= 4 is 46.4 Å². The van der Waals surface area contributed by atoms with Gasteiger partial charge in [0, 0.05) is 39.2 Å². The summed E-state index contributed by atoms with van der Waals surface area (Å²) in [4.78, 5) is 23.9. The van der Waals surface area contributed by atoms with Gasteiger partial charge in [-0.1, -0.05) is 29.3 Å². The maximum Gasteiger partial charge on any atom is 0.219 e. The molecule has 1 N–H and O–H groups in total. The third-order valence-electron chi connectivity index (χ3n) is 3.92. The van der Waals surface area contributed by atoms with E-state index in [-0.39, 0.29) is 5.91 Å². The first-order valence-corrected chi connectivity index (χ1v) is 8.34. The Bertz CT molecular complexity index is 747. The molecule has 0 atom stereocenters. The van der Waals surface area contributed by atoms with Crippen LogP contribution in [-0.2, 0) is 4.79 Å². The molecule has 0 aliphatic carbocycles. The largest absolute Gasteiger partial charge is 0.353 e. The normalized spacial score (nSPS) is 14.6. The lowest BCUT2D eigenvalue weighted by molar-refractivity contribution is -0.129. The molecule has 1 saturated heterocycles. The second kappa shape index (κ2) is 7.23. The molecule has 3 rings (SSSR count). The van der Waals surface area contributed by atoms with E-state index in [1.54, 1.807) is 13.0 Å². The molecule has 2 aromatic rings. The lowest BCUT2D eigenvalue weighted by Gasteiger charge is -2.34. The predicted molar refractivity (Wildman–Crippen MR) is 96.2 cm³/mol. The average molecular weight is 366 g/mol. The molecule has 1 amide bonds. The Hall–Kier alpha value is -2.05. The van der Waals surface area contributed by atoms with E-state index < -0.39 is 0 Å². The fraction of sp³-hybridized carbons (Fsp3) is 0.312. The van der Waals surface area contributed by atoms with Gasteiger partial charge in [0.05, 0.1) is 15.7 Å². The smallest absolute Gasteiger partial charge is 0.219 e. The van der Waals surface area contributed by atoms with Crippen molar-refractivity contribution < 1.29 is 4.79 Å². The molecule has 6 nitrogen and oxygen atoms in total. The van der Waals surface area contributed by atoms with Gasteiger partial charge in [-0.2, -0.15) is 0 Å². The van der Waals surface area contributed by atoms with E-state index in [1.807, 2.05) is 23.1 Å². The molecule has 0 saturated carbocycles. The number of nitrogens with zero attached hydrogens (tertiary/aromatic N) is 4. The van der Waals surface area contributed by atoms with Crippen LogP contribution in [0.5, 0.6) is 0 Å². The number of anilines is 3. The summed E-state index contributed by atoms with van der Waals surface area (Å²) in [6.07, 6.45) is 1.51. The molecule has 24 heavy (non-hydrogen) atoms. The minimum atomic E-state index is 0.107. The van der Waals surface area contributed by atoms with Crippen molar-refractivity contribution in [3.63, 3.8) is 0 Å². The summed E-state index contributed by atoms with van der Waals surface area (Å²) in [5.41, 5.74) is 0.690. The number of benzene rings is 1. The molecule has 1 fully saturated rings. The Labute approximate surface area is 150 Å². The summed E-state index contributed by atoms with van der Waals surface area (Å²) in [7, 11) is 0. The highest BCUT2D eigenvalue weighted by Crippen LogP contribution is 2.31. The van der Waals surface area contributed by atoms with Gasteiger partial charge in [0.15, 0.2) is 0 Å². The first kappa shape index (κ1) is 16.8. The standard InChI is InChI=1S/C16H17Cl2N5O/c1-11(24)22-5-7-23(8-6-22)15-9-14(19-10-20-15)21-13-4-2-3-12(17)16(13)18/h2-4,9-10H,5-8H2,1H3,(H,19,20,21). The van der Waals surface area contributed by atoms with Gasteiger partial charge in [0.1, 0.15) is 18.0 Å². The number of aromatic nitrogens is 2.